The van der Waals surface area contributed by atoms with Crippen LogP contribution in [-0.4, -0.2) is 36.3 Å². The van der Waals surface area contributed by atoms with E-state index in [2.05, 4.69) is 4.74 Å². The second-order valence-corrected chi connectivity index (χ2v) is 1.87. The van der Waals surface area contributed by atoms with Gasteiger partial charge < -0.3 is 20.7 Å². The van der Waals surface area contributed by atoms with E-state index in [-0.39, 0.29) is 19.1 Å². The quantitative estimate of drug-likeness (QED) is 0.417. The van der Waals surface area contributed by atoms with E-state index in [1.807, 2.05) is 0 Å². The van der Waals surface area contributed by atoms with Gasteiger partial charge in [-0.2, -0.15) is 0 Å². The molecule has 9 heavy (non-hydrogen) atoms. The number of methoxy groups -OCH3 is 1. The van der Waals surface area contributed by atoms with Gasteiger partial charge in [0.25, 0.3) is 0 Å². The summed E-state index contributed by atoms with van der Waals surface area (Å²) >= 11 is 0. The Bertz CT molecular complexity index is 61.2. The molecule has 0 aliphatic heterocycles. The predicted octanol–water partition coefficient (Wildman–Crippen LogP) is -1.34. The zero-order valence-electron chi connectivity index (χ0n) is 5.45. The van der Waals surface area contributed by atoms with Crippen molar-refractivity contribution in [3.63, 3.8) is 0 Å². The average Bonchev–Trinajstić information content (AvgIpc) is 1.87. The Morgan fingerprint density at radius 1 is 1.67 bits per heavy atom. The number of ether oxygens (including phenoxy) is 1. The maximum atomic E-state index is 8.75. The number of hydrogen-bond acceptors (Lipinski definition) is 4. The lowest BCUT2D eigenvalue weighted by Gasteiger charge is -2.11. The summed E-state index contributed by atoms with van der Waals surface area (Å²) in [4.78, 5) is 0. The van der Waals surface area contributed by atoms with Gasteiger partial charge in [-0.1, -0.05) is 0 Å². The molecule has 0 fully saturated rings. The van der Waals surface area contributed by atoms with Crippen molar-refractivity contribution in [2.24, 2.45) is 5.73 Å². The molecule has 4 heteroatoms. The largest absolute Gasteiger partial charge is 0.395 e. The van der Waals surface area contributed by atoms with Gasteiger partial charge in [-0.3, -0.25) is 0 Å². The second kappa shape index (κ2) is 4.69. The molecule has 0 saturated carbocycles. The van der Waals surface area contributed by atoms with Gasteiger partial charge in [0.05, 0.1) is 6.61 Å². The smallest absolute Gasteiger partial charge is 0.155 e. The molecule has 0 spiro atoms. The van der Waals surface area contributed by atoms with Gasteiger partial charge in [0, 0.05) is 19.6 Å². The lowest BCUT2D eigenvalue weighted by molar-refractivity contribution is -0.0836. The summed E-state index contributed by atoms with van der Waals surface area (Å²) in [6.07, 6.45) is -0.584. The molecule has 2 atom stereocenters. The van der Waals surface area contributed by atoms with Gasteiger partial charge >= 0.3 is 0 Å². The maximum Gasteiger partial charge on any atom is 0.155 e. The SMILES string of the molecule is COC(O)CC(N)CO. The molecule has 4 N–H and O–H groups in total. The van der Waals surface area contributed by atoms with Crippen LogP contribution in [0.4, 0.5) is 0 Å². The number of aliphatic hydroxyl groups is 2. The highest BCUT2D eigenvalue weighted by Gasteiger charge is 2.06. The molecular formula is C5H13NO3. The molecular weight excluding hydrogens is 122 g/mol. The Balaban J connectivity index is 3.22. The van der Waals surface area contributed by atoms with Gasteiger partial charge in [-0.15, -0.1) is 0 Å². The van der Waals surface area contributed by atoms with Gasteiger partial charge in [-0.05, 0) is 0 Å². The first-order chi connectivity index (χ1) is 4.20. The third-order valence-corrected chi connectivity index (χ3v) is 1.01. The molecule has 56 valence electrons. The normalized spacial score (nSPS) is 17.3. The van der Waals surface area contributed by atoms with Crippen molar-refractivity contribution in [3.05, 3.63) is 0 Å². The number of hydrogen-bond donors (Lipinski definition) is 3. The van der Waals surface area contributed by atoms with E-state index in [9.17, 15) is 0 Å². The summed E-state index contributed by atoms with van der Waals surface area (Å²) in [5, 5.41) is 17.1. The van der Waals surface area contributed by atoms with Crippen LogP contribution in [0.15, 0.2) is 0 Å². The van der Waals surface area contributed by atoms with Crippen LogP contribution in [0.5, 0.6) is 0 Å². The van der Waals surface area contributed by atoms with Crippen molar-refractivity contribution in [2.75, 3.05) is 13.7 Å². The van der Waals surface area contributed by atoms with Crippen molar-refractivity contribution >= 4 is 0 Å². The van der Waals surface area contributed by atoms with Crippen LogP contribution in [0.3, 0.4) is 0 Å². The van der Waals surface area contributed by atoms with Gasteiger partial charge in [0.15, 0.2) is 6.29 Å². The van der Waals surface area contributed by atoms with E-state index in [1.54, 1.807) is 0 Å². The third-order valence-electron chi connectivity index (χ3n) is 1.01. The summed E-state index contributed by atoms with van der Waals surface area (Å²) in [5.74, 6) is 0. The fourth-order valence-corrected chi connectivity index (χ4v) is 0.430. The highest BCUT2D eigenvalue weighted by Crippen LogP contribution is 1.94. The third kappa shape index (κ3) is 4.35. The monoisotopic (exact) mass is 135 g/mol. The van der Waals surface area contributed by atoms with Crippen LogP contribution in [0.1, 0.15) is 6.42 Å². The molecule has 0 aromatic rings. The second-order valence-electron chi connectivity index (χ2n) is 1.87. The lowest BCUT2D eigenvalue weighted by atomic mass is 10.2. The van der Waals surface area contributed by atoms with Crippen molar-refractivity contribution < 1.29 is 14.9 Å². The molecule has 2 unspecified atom stereocenters. The van der Waals surface area contributed by atoms with Crippen molar-refractivity contribution in [1.82, 2.24) is 0 Å². The van der Waals surface area contributed by atoms with E-state index < -0.39 is 6.29 Å². The molecule has 0 aliphatic carbocycles. The van der Waals surface area contributed by atoms with Gasteiger partial charge in [0.2, 0.25) is 0 Å². The van der Waals surface area contributed by atoms with E-state index >= 15 is 0 Å². The fourth-order valence-electron chi connectivity index (χ4n) is 0.430. The maximum absolute atomic E-state index is 8.75. The van der Waals surface area contributed by atoms with E-state index in [0.29, 0.717) is 0 Å². The first-order valence-corrected chi connectivity index (χ1v) is 2.78. The molecule has 0 rings (SSSR count). The Labute approximate surface area is 54.2 Å². The Morgan fingerprint density at radius 3 is 2.56 bits per heavy atom. The molecule has 0 saturated heterocycles. The minimum Gasteiger partial charge on any atom is -0.395 e. The molecule has 0 radical (unpaired) electrons. The number of aliphatic hydroxyl groups excluding tert-OH is 2. The minimum absolute atomic E-state index is 0.125. The van der Waals surface area contributed by atoms with Crippen LogP contribution in [-0.2, 0) is 4.74 Å². The number of nitrogens with two attached hydrogens (primary N) is 1. The summed E-state index contributed by atoms with van der Waals surface area (Å²) in [6.45, 7) is -0.125. The molecule has 0 amide bonds. The molecule has 0 aromatic carbocycles. The molecule has 0 aromatic heterocycles. The van der Waals surface area contributed by atoms with Crippen molar-refractivity contribution in [1.29, 1.82) is 0 Å². The summed E-state index contributed by atoms with van der Waals surface area (Å²) < 4.78 is 4.49. The van der Waals surface area contributed by atoms with Crippen LogP contribution < -0.4 is 5.73 Å². The van der Waals surface area contributed by atoms with E-state index in [1.165, 1.54) is 7.11 Å². The highest BCUT2D eigenvalue weighted by atomic mass is 16.6. The molecule has 0 heterocycles. The minimum atomic E-state index is -0.854. The van der Waals surface area contributed by atoms with E-state index in [0.717, 1.165) is 0 Å². The highest BCUT2D eigenvalue weighted by molar-refractivity contribution is 4.59. The van der Waals surface area contributed by atoms with Crippen LogP contribution in [0.2, 0.25) is 0 Å². The van der Waals surface area contributed by atoms with Gasteiger partial charge in [-0.25, -0.2) is 0 Å². The molecule has 0 bridgehead atoms. The van der Waals surface area contributed by atoms with Gasteiger partial charge in [0.1, 0.15) is 0 Å². The van der Waals surface area contributed by atoms with E-state index in [4.69, 9.17) is 15.9 Å². The lowest BCUT2D eigenvalue weighted by Crippen LogP contribution is -2.30. The van der Waals surface area contributed by atoms with Crippen LogP contribution >= 0.6 is 0 Å². The standard InChI is InChI=1S/C5H13NO3/c1-9-5(8)2-4(6)3-7/h4-5,7-8H,2-3,6H2,1H3. The van der Waals surface area contributed by atoms with Crippen LogP contribution in [0.25, 0.3) is 0 Å². The molecule has 0 aliphatic rings. The summed E-state index contributed by atoms with van der Waals surface area (Å²) in [7, 11) is 1.38. The zero-order valence-corrected chi connectivity index (χ0v) is 5.45. The average molecular weight is 135 g/mol. The fraction of sp³-hybridized carbons (Fsp3) is 1.00. The first kappa shape index (κ1) is 8.84. The summed E-state index contributed by atoms with van der Waals surface area (Å²) in [6, 6.07) is -0.389. The first-order valence-electron chi connectivity index (χ1n) is 2.78. The van der Waals surface area contributed by atoms with Crippen molar-refractivity contribution in [3.8, 4) is 0 Å². The summed E-state index contributed by atoms with van der Waals surface area (Å²) in [5.41, 5.74) is 5.26. The Morgan fingerprint density at radius 2 is 2.22 bits per heavy atom. The molecule has 4 nitrogen and oxygen atoms in total. The van der Waals surface area contributed by atoms with Crippen LogP contribution in [0, 0.1) is 0 Å². The Kier molecular flexibility index (Phi) is 4.61. The topological polar surface area (TPSA) is 75.7 Å². The number of rotatable bonds is 4. The zero-order chi connectivity index (χ0) is 7.28. The Hall–Kier alpha value is -0.160. The predicted molar refractivity (Wildman–Crippen MR) is 32.7 cm³/mol. The van der Waals surface area contributed by atoms with Crippen molar-refractivity contribution in [2.45, 2.75) is 18.8 Å².